The Morgan fingerprint density at radius 3 is 2.84 bits per heavy atom. The third kappa shape index (κ3) is 4.70. The van der Waals surface area contributed by atoms with E-state index in [0.29, 0.717) is 12.1 Å². The average molecular weight is 500 g/mol. The van der Waals surface area contributed by atoms with Crippen molar-refractivity contribution in [3.63, 3.8) is 0 Å². The summed E-state index contributed by atoms with van der Waals surface area (Å²) in [6, 6.07) is 13.9. The van der Waals surface area contributed by atoms with Crippen molar-refractivity contribution in [1.29, 1.82) is 0 Å². The van der Waals surface area contributed by atoms with Crippen molar-refractivity contribution < 1.29 is 0 Å². The van der Waals surface area contributed by atoms with Gasteiger partial charge in [0.1, 0.15) is 5.65 Å². The predicted molar refractivity (Wildman–Crippen MR) is 151 cm³/mol. The molecule has 2 N–H and O–H groups in total. The number of fused-ring (bicyclic) bond motifs is 4. The number of nitrogens with zero attached hydrogens (tertiary/aromatic N) is 4. The summed E-state index contributed by atoms with van der Waals surface area (Å²) >= 11 is 0. The number of hydrogen-bond acceptors (Lipinski definition) is 5. The van der Waals surface area contributed by atoms with Gasteiger partial charge in [-0.15, -0.1) is 0 Å². The number of pyridine rings is 2. The van der Waals surface area contributed by atoms with Crippen LogP contribution in [-0.2, 0) is 20.0 Å². The fourth-order valence-corrected chi connectivity index (χ4v) is 7.13. The van der Waals surface area contributed by atoms with E-state index in [9.17, 15) is 4.79 Å². The number of piperazine rings is 1. The van der Waals surface area contributed by atoms with Crippen LogP contribution in [0.1, 0.15) is 75.1 Å². The minimum absolute atomic E-state index is 0.00286. The molecule has 0 amide bonds. The van der Waals surface area contributed by atoms with Crippen LogP contribution in [0.2, 0.25) is 0 Å². The van der Waals surface area contributed by atoms with Crippen LogP contribution < -0.4 is 16.2 Å². The molecule has 1 aliphatic carbocycles. The van der Waals surface area contributed by atoms with Crippen molar-refractivity contribution in [2.75, 3.05) is 18.0 Å². The number of aromatic nitrogens is 2. The molecule has 2 aromatic heterocycles. The van der Waals surface area contributed by atoms with Crippen LogP contribution in [0.25, 0.3) is 11.0 Å². The molecule has 3 aliphatic rings. The molecule has 0 bridgehead atoms. The maximum absolute atomic E-state index is 12.8. The molecule has 6 nitrogen and oxygen atoms in total. The molecule has 1 aromatic carbocycles. The molecule has 2 unspecified atom stereocenters. The molecule has 1 saturated carbocycles. The number of anilines is 1. The Kier molecular flexibility index (Phi) is 6.36. The lowest BCUT2D eigenvalue weighted by Gasteiger charge is -2.43. The predicted octanol–water partition coefficient (Wildman–Crippen LogP) is 4.93. The maximum atomic E-state index is 12.8. The first-order valence-electron chi connectivity index (χ1n) is 14.1. The highest BCUT2D eigenvalue weighted by atomic mass is 16.1. The zero-order valence-electron chi connectivity index (χ0n) is 22.6. The van der Waals surface area contributed by atoms with Crippen molar-refractivity contribution in [1.82, 2.24) is 14.5 Å². The van der Waals surface area contributed by atoms with E-state index in [2.05, 4.69) is 52.9 Å². The third-order valence-electron chi connectivity index (χ3n) is 9.33. The van der Waals surface area contributed by atoms with Crippen molar-refractivity contribution in [3.05, 3.63) is 69.6 Å². The van der Waals surface area contributed by atoms with E-state index in [1.54, 1.807) is 23.9 Å². The van der Waals surface area contributed by atoms with Gasteiger partial charge in [0.25, 0.3) is 5.56 Å². The monoisotopic (exact) mass is 499 g/mol. The summed E-state index contributed by atoms with van der Waals surface area (Å²) in [4.78, 5) is 22.3. The van der Waals surface area contributed by atoms with Gasteiger partial charge in [0.05, 0.1) is 11.7 Å². The molecule has 2 aliphatic heterocycles. The van der Waals surface area contributed by atoms with Crippen LogP contribution in [0.4, 0.5) is 5.69 Å². The summed E-state index contributed by atoms with van der Waals surface area (Å²) < 4.78 is 1.65. The van der Waals surface area contributed by atoms with Crippen LogP contribution in [0.15, 0.2) is 47.4 Å². The Morgan fingerprint density at radius 2 is 1.97 bits per heavy atom. The number of hydrogen-bond donors (Lipinski definition) is 1. The summed E-state index contributed by atoms with van der Waals surface area (Å²) in [7, 11) is 1.80. The van der Waals surface area contributed by atoms with Gasteiger partial charge in [0, 0.05) is 55.9 Å². The van der Waals surface area contributed by atoms with Crippen molar-refractivity contribution in [3.8, 4) is 0 Å². The molecule has 0 radical (unpaired) electrons. The van der Waals surface area contributed by atoms with Crippen LogP contribution in [0, 0.1) is 5.92 Å². The number of rotatable bonds is 3. The van der Waals surface area contributed by atoms with E-state index < -0.39 is 0 Å². The molecule has 4 atom stereocenters. The summed E-state index contributed by atoms with van der Waals surface area (Å²) in [5.41, 5.74) is 12.7. The highest BCUT2D eigenvalue weighted by Gasteiger charge is 2.39. The Bertz CT molecular complexity index is 1360. The number of benzene rings is 1. The van der Waals surface area contributed by atoms with Crippen molar-refractivity contribution in [2.24, 2.45) is 18.7 Å². The van der Waals surface area contributed by atoms with Crippen molar-refractivity contribution >= 4 is 16.7 Å². The normalized spacial score (nSPS) is 28.5. The van der Waals surface area contributed by atoms with Crippen LogP contribution >= 0.6 is 0 Å². The van der Waals surface area contributed by atoms with E-state index in [1.807, 2.05) is 6.07 Å². The van der Waals surface area contributed by atoms with Crippen LogP contribution in [-0.4, -0.2) is 39.1 Å². The van der Waals surface area contributed by atoms with E-state index in [0.717, 1.165) is 55.1 Å². The van der Waals surface area contributed by atoms with Gasteiger partial charge in [0.15, 0.2) is 0 Å². The molecule has 1 saturated heterocycles. The minimum atomic E-state index is -0.00286. The van der Waals surface area contributed by atoms with Gasteiger partial charge in [0.2, 0.25) is 0 Å². The molecule has 37 heavy (non-hydrogen) atoms. The van der Waals surface area contributed by atoms with E-state index >= 15 is 0 Å². The van der Waals surface area contributed by atoms with Gasteiger partial charge >= 0.3 is 0 Å². The van der Waals surface area contributed by atoms with Crippen LogP contribution in [0.5, 0.6) is 0 Å². The summed E-state index contributed by atoms with van der Waals surface area (Å²) in [5, 5.41) is 1.05. The van der Waals surface area contributed by atoms with Gasteiger partial charge in [-0.1, -0.05) is 37.5 Å². The molecule has 3 aromatic rings. The summed E-state index contributed by atoms with van der Waals surface area (Å²) in [6.07, 6.45) is 10.4. The van der Waals surface area contributed by atoms with Gasteiger partial charge in [-0.2, -0.15) is 0 Å². The zero-order valence-corrected chi connectivity index (χ0v) is 22.6. The topological polar surface area (TPSA) is 67.4 Å². The number of nitrogens with two attached hydrogens (primary N) is 1. The largest absolute Gasteiger partial charge is 0.367 e. The second-order valence-electron chi connectivity index (χ2n) is 12.3. The lowest BCUT2D eigenvalue weighted by Crippen LogP contribution is -2.51. The van der Waals surface area contributed by atoms with Gasteiger partial charge in [-0.25, -0.2) is 4.98 Å². The first kappa shape index (κ1) is 24.6. The maximum Gasteiger partial charge on any atom is 0.253 e. The van der Waals surface area contributed by atoms with Gasteiger partial charge in [-0.05, 0) is 74.3 Å². The molecule has 0 spiro atoms. The molecule has 196 valence electrons. The quantitative estimate of drug-likeness (QED) is 0.554. The Labute approximate surface area is 220 Å². The van der Waals surface area contributed by atoms with Crippen molar-refractivity contribution in [2.45, 2.75) is 83.0 Å². The Hall–Kier alpha value is -2.70. The fourth-order valence-electron chi connectivity index (χ4n) is 7.13. The SMILES string of the molecule is C[C@@H]1CN(c2cc(=O)n(C)c3ncccc23)C[C@@H]2c3ccc(CC4CCCCC(C)(N)CC4)cc3CN12. The Balaban J connectivity index is 1.24. The molecule has 4 heterocycles. The minimum Gasteiger partial charge on any atom is -0.367 e. The fraction of sp³-hybridized carbons (Fsp3) is 0.548. The van der Waals surface area contributed by atoms with E-state index in [-0.39, 0.29) is 11.1 Å². The first-order valence-corrected chi connectivity index (χ1v) is 14.1. The smallest absolute Gasteiger partial charge is 0.253 e. The average Bonchev–Trinajstić information content (AvgIpc) is 3.25. The summed E-state index contributed by atoms with van der Waals surface area (Å²) in [6.45, 7) is 7.39. The van der Waals surface area contributed by atoms with Crippen LogP contribution in [0.3, 0.4) is 0 Å². The molecule has 6 heteroatoms. The Morgan fingerprint density at radius 1 is 1.11 bits per heavy atom. The summed E-state index contributed by atoms with van der Waals surface area (Å²) in [5.74, 6) is 0.738. The molecule has 6 rings (SSSR count). The highest BCUT2D eigenvalue weighted by Crippen LogP contribution is 2.41. The molecular weight excluding hydrogens is 458 g/mol. The van der Waals surface area contributed by atoms with E-state index in [4.69, 9.17) is 5.73 Å². The highest BCUT2D eigenvalue weighted by molar-refractivity contribution is 5.89. The zero-order chi connectivity index (χ0) is 25.7. The standard InChI is InChI=1S/C31H41N5O/c1-21-18-35(27-17-29(37)34(3)30-26(27)8-6-14-33-30)20-28-25-10-9-23(16-24(25)19-36(21)28)15-22-7-4-5-12-31(2,32)13-11-22/h6,8-10,14,16-17,21-22,28H,4-5,7,11-13,15,18-20,32H2,1-3H3/t21-,22?,28-,31?/m1/s1. The van der Waals surface area contributed by atoms with Gasteiger partial charge in [-0.3, -0.25) is 14.3 Å². The number of aryl methyl sites for hydroxylation is 1. The van der Waals surface area contributed by atoms with E-state index in [1.165, 1.54) is 48.8 Å². The van der Waals surface area contributed by atoms with Gasteiger partial charge < -0.3 is 10.6 Å². The second kappa shape index (κ2) is 9.55. The second-order valence-corrected chi connectivity index (χ2v) is 12.3. The first-order chi connectivity index (χ1) is 17.8. The third-order valence-corrected chi connectivity index (χ3v) is 9.33. The lowest BCUT2D eigenvalue weighted by atomic mass is 9.80. The molecular formula is C31H41N5O. The molecule has 2 fully saturated rings. The lowest BCUT2D eigenvalue weighted by molar-refractivity contribution is 0.134.